The van der Waals surface area contributed by atoms with Crippen LogP contribution in [0, 0.1) is 12.8 Å². The molecule has 18 heavy (non-hydrogen) atoms. The minimum atomic E-state index is 0.517. The summed E-state index contributed by atoms with van der Waals surface area (Å²) >= 11 is 1.85. The number of rotatable bonds is 5. The van der Waals surface area contributed by atoms with Crippen LogP contribution in [0.2, 0.25) is 0 Å². The van der Waals surface area contributed by atoms with Crippen LogP contribution in [-0.2, 0) is 0 Å². The smallest absolute Gasteiger partial charge is 0.0345 e. The minimum absolute atomic E-state index is 0.517. The van der Waals surface area contributed by atoms with E-state index in [0.717, 1.165) is 12.5 Å². The summed E-state index contributed by atoms with van der Waals surface area (Å²) in [5.41, 5.74) is 8.78. The fourth-order valence-electron chi connectivity index (χ4n) is 2.41. The number of aryl methyl sites for hydroxylation is 1. The molecule has 2 rings (SSSR count). The fraction of sp³-hybridized carbons (Fsp3) is 0.500. The van der Waals surface area contributed by atoms with E-state index in [1.807, 2.05) is 11.3 Å². The van der Waals surface area contributed by atoms with Gasteiger partial charge in [-0.25, -0.2) is 0 Å². The zero-order valence-corrected chi connectivity index (χ0v) is 12.4. The molecular formula is C16H23NS. The van der Waals surface area contributed by atoms with Gasteiger partial charge in [0.1, 0.15) is 0 Å². The highest BCUT2D eigenvalue weighted by molar-refractivity contribution is 7.17. The zero-order chi connectivity index (χ0) is 13.1. The summed E-state index contributed by atoms with van der Waals surface area (Å²) in [5.74, 6) is 1.27. The number of hydrogen-bond acceptors (Lipinski definition) is 2. The predicted molar refractivity (Wildman–Crippen MR) is 82.4 cm³/mol. The van der Waals surface area contributed by atoms with Crippen molar-refractivity contribution in [3.63, 3.8) is 0 Å². The first kappa shape index (κ1) is 13.6. The first-order valence-corrected chi connectivity index (χ1v) is 7.67. The molecule has 0 aliphatic heterocycles. The van der Waals surface area contributed by atoms with Gasteiger partial charge >= 0.3 is 0 Å². The van der Waals surface area contributed by atoms with Crippen molar-refractivity contribution < 1.29 is 0 Å². The molecule has 0 saturated carbocycles. The molecule has 2 N–H and O–H groups in total. The highest BCUT2D eigenvalue weighted by atomic mass is 32.1. The lowest BCUT2D eigenvalue weighted by Crippen LogP contribution is -2.13. The van der Waals surface area contributed by atoms with Crippen molar-refractivity contribution in [1.29, 1.82) is 0 Å². The van der Waals surface area contributed by atoms with Gasteiger partial charge in [-0.1, -0.05) is 38.0 Å². The highest BCUT2D eigenvalue weighted by Gasteiger charge is 2.15. The van der Waals surface area contributed by atoms with Gasteiger partial charge in [0.15, 0.2) is 0 Å². The Morgan fingerprint density at radius 3 is 2.67 bits per heavy atom. The second-order valence-corrected chi connectivity index (χ2v) is 6.51. The number of fused-ring (bicyclic) bond motifs is 1. The topological polar surface area (TPSA) is 26.0 Å². The van der Waals surface area contributed by atoms with Crippen molar-refractivity contribution in [1.82, 2.24) is 0 Å². The maximum absolute atomic E-state index is 5.98. The molecule has 0 radical (unpaired) electrons. The molecule has 1 atom stereocenters. The maximum Gasteiger partial charge on any atom is 0.0345 e. The summed E-state index contributed by atoms with van der Waals surface area (Å²) in [6.45, 7) is 7.48. The van der Waals surface area contributed by atoms with Gasteiger partial charge in [-0.15, -0.1) is 11.3 Å². The van der Waals surface area contributed by atoms with Gasteiger partial charge in [0.25, 0.3) is 0 Å². The summed E-state index contributed by atoms with van der Waals surface area (Å²) in [5, 5.41) is 3.72. The molecule has 1 aromatic carbocycles. The van der Waals surface area contributed by atoms with Gasteiger partial charge in [-0.05, 0) is 54.1 Å². The van der Waals surface area contributed by atoms with Gasteiger partial charge < -0.3 is 5.73 Å². The first-order valence-electron chi connectivity index (χ1n) is 6.79. The molecule has 0 aliphatic carbocycles. The van der Waals surface area contributed by atoms with Crippen molar-refractivity contribution in [2.45, 2.75) is 39.5 Å². The van der Waals surface area contributed by atoms with Gasteiger partial charge in [0.05, 0.1) is 0 Å². The Kier molecular flexibility index (Phi) is 4.41. The van der Waals surface area contributed by atoms with Crippen LogP contribution in [0.3, 0.4) is 0 Å². The van der Waals surface area contributed by atoms with E-state index in [0.29, 0.717) is 5.92 Å². The first-order chi connectivity index (χ1) is 8.61. The van der Waals surface area contributed by atoms with Crippen LogP contribution >= 0.6 is 11.3 Å². The van der Waals surface area contributed by atoms with E-state index in [4.69, 9.17) is 5.73 Å². The SMILES string of the molecule is Cc1ccc2scc(C(CN)CCC(C)C)c2c1. The molecule has 0 fully saturated rings. The largest absolute Gasteiger partial charge is 0.330 e. The fourth-order valence-corrected chi connectivity index (χ4v) is 3.44. The summed E-state index contributed by atoms with van der Waals surface area (Å²) in [6.07, 6.45) is 2.46. The number of thiophene rings is 1. The Balaban J connectivity index is 2.30. The third-order valence-electron chi connectivity index (χ3n) is 3.58. The number of hydrogen-bond donors (Lipinski definition) is 1. The molecule has 1 nitrogen and oxygen atoms in total. The monoisotopic (exact) mass is 261 g/mol. The van der Waals surface area contributed by atoms with Crippen LogP contribution in [0.5, 0.6) is 0 Å². The van der Waals surface area contributed by atoms with E-state index in [9.17, 15) is 0 Å². The third kappa shape index (κ3) is 2.93. The van der Waals surface area contributed by atoms with Crippen LogP contribution in [0.4, 0.5) is 0 Å². The van der Waals surface area contributed by atoms with E-state index in [1.165, 1.54) is 34.1 Å². The quantitative estimate of drug-likeness (QED) is 0.830. The van der Waals surface area contributed by atoms with Crippen molar-refractivity contribution in [2.75, 3.05) is 6.54 Å². The molecular weight excluding hydrogens is 238 g/mol. The molecule has 0 bridgehead atoms. The van der Waals surface area contributed by atoms with E-state index >= 15 is 0 Å². The molecule has 1 aromatic heterocycles. The Labute approximate surface area is 114 Å². The lowest BCUT2D eigenvalue weighted by molar-refractivity contribution is 0.505. The van der Waals surface area contributed by atoms with Crippen molar-refractivity contribution in [2.24, 2.45) is 11.7 Å². The van der Waals surface area contributed by atoms with Crippen molar-refractivity contribution in [3.05, 3.63) is 34.7 Å². The van der Waals surface area contributed by atoms with Crippen LogP contribution in [0.15, 0.2) is 23.6 Å². The minimum Gasteiger partial charge on any atom is -0.330 e. The normalized spacial score (nSPS) is 13.4. The molecule has 1 unspecified atom stereocenters. The molecule has 2 heteroatoms. The maximum atomic E-state index is 5.98. The Morgan fingerprint density at radius 2 is 2.00 bits per heavy atom. The molecule has 2 aromatic rings. The predicted octanol–water partition coefficient (Wildman–Crippen LogP) is 4.69. The molecule has 0 saturated heterocycles. The van der Waals surface area contributed by atoms with E-state index in [1.54, 1.807) is 0 Å². The molecule has 0 aliphatic rings. The average Bonchev–Trinajstić information content (AvgIpc) is 2.73. The van der Waals surface area contributed by atoms with Crippen LogP contribution in [0.25, 0.3) is 10.1 Å². The van der Waals surface area contributed by atoms with Crippen molar-refractivity contribution in [3.8, 4) is 0 Å². The number of benzene rings is 1. The Bertz CT molecular complexity index is 513. The summed E-state index contributed by atoms with van der Waals surface area (Å²) in [4.78, 5) is 0. The van der Waals surface area contributed by atoms with Crippen LogP contribution in [-0.4, -0.2) is 6.54 Å². The zero-order valence-electron chi connectivity index (χ0n) is 11.6. The highest BCUT2D eigenvalue weighted by Crippen LogP contribution is 2.34. The molecule has 0 spiro atoms. The Hall–Kier alpha value is -0.860. The third-order valence-corrected chi connectivity index (χ3v) is 4.56. The standard InChI is InChI=1S/C16H23NS/c1-11(2)4-6-13(9-17)15-10-18-16-7-5-12(3)8-14(15)16/h5,7-8,10-11,13H,4,6,9,17H2,1-3H3. The van der Waals surface area contributed by atoms with Crippen molar-refractivity contribution >= 4 is 21.4 Å². The average molecular weight is 261 g/mol. The molecule has 98 valence electrons. The van der Waals surface area contributed by atoms with E-state index in [-0.39, 0.29) is 0 Å². The molecule has 1 heterocycles. The van der Waals surface area contributed by atoms with Gasteiger partial charge in [0, 0.05) is 4.70 Å². The van der Waals surface area contributed by atoms with E-state index < -0.39 is 0 Å². The van der Waals surface area contributed by atoms with Crippen LogP contribution in [0.1, 0.15) is 43.7 Å². The van der Waals surface area contributed by atoms with Gasteiger partial charge in [-0.2, -0.15) is 0 Å². The van der Waals surface area contributed by atoms with Gasteiger partial charge in [-0.3, -0.25) is 0 Å². The second kappa shape index (κ2) is 5.85. The van der Waals surface area contributed by atoms with E-state index in [2.05, 4.69) is 44.4 Å². The Morgan fingerprint density at radius 1 is 1.22 bits per heavy atom. The van der Waals surface area contributed by atoms with Crippen LogP contribution < -0.4 is 5.73 Å². The summed E-state index contributed by atoms with van der Waals surface area (Å²) in [6, 6.07) is 6.72. The number of nitrogens with two attached hydrogens (primary N) is 1. The lowest BCUT2D eigenvalue weighted by atomic mass is 9.91. The molecule has 0 amide bonds. The van der Waals surface area contributed by atoms with Gasteiger partial charge in [0.2, 0.25) is 0 Å². The summed E-state index contributed by atoms with van der Waals surface area (Å²) < 4.78 is 1.39. The lowest BCUT2D eigenvalue weighted by Gasteiger charge is -2.15. The second-order valence-electron chi connectivity index (χ2n) is 5.59. The summed E-state index contributed by atoms with van der Waals surface area (Å²) in [7, 11) is 0.